The molecule has 0 saturated carbocycles. The maximum Gasteiger partial charge on any atom is 0.0558 e. The van der Waals surface area contributed by atoms with E-state index in [1.165, 1.54) is 0 Å². The van der Waals surface area contributed by atoms with E-state index in [0.29, 0.717) is 10.5 Å². The molecule has 7 heteroatoms. The summed E-state index contributed by atoms with van der Waals surface area (Å²) in [6.45, 7) is 0.453. The summed E-state index contributed by atoms with van der Waals surface area (Å²) in [5.74, 6) is 5.48. The summed E-state index contributed by atoms with van der Waals surface area (Å²) in [4.78, 5) is 0. The lowest BCUT2D eigenvalue weighted by molar-refractivity contribution is 0.301. The van der Waals surface area contributed by atoms with E-state index < -0.39 is 0 Å². The fraction of sp³-hybridized carbons (Fsp3) is 1.00. The molecular weight excluding hydrogens is 312 g/mol. The van der Waals surface area contributed by atoms with Gasteiger partial charge in [0.2, 0.25) is 0 Å². The van der Waals surface area contributed by atoms with Crippen LogP contribution in [0.15, 0.2) is 0 Å². The molecule has 0 aromatic carbocycles. The van der Waals surface area contributed by atoms with Crippen molar-refractivity contribution in [1.82, 2.24) is 0 Å². The Bertz CT molecular complexity index is 162. The van der Waals surface area contributed by atoms with Gasteiger partial charge in [0, 0.05) is 39.3 Å². The van der Waals surface area contributed by atoms with Crippen molar-refractivity contribution >= 4 is 60.5 Å². The molecule has 0 aliphatic carbocycles. The van der Waals surface area contributed by atoms with Gasteiger partial charge in [0.25, 0.3) is 0 Å². The quantitative estimate of drug-likeness (QED) is 0.323. The number of aliphatic hydroxyl groups excluding tert-OH is 2. The van der Waals surface area contributed by atoms with Crippen LogP contribution >= 0.6 is 60.5 Å². The van der Waals surface area contributed by atoms with Crippen LogP contribution in [-0.4, -0.2) is 68.4 Å². The van der Waals surface area contributed by atoms with Gasteiger partial charge in [-0.05, 0) is 5.75 Å². The van der Waals surface area contributed by atoms with Crippen LogP contribution in [0.5, 0.6) is 0 Å². The van der Waals surface area contributed by atoms with E-state index in [2.05, 4.69) is 25.3 Å². The first-order chi connectivity index (χ1) is 8.28. The Labute approximate surface area is 128 Å². The molecule has 0 rings (SSSR count). The van der Waals surface area contributed by atoms with Crippen molar-refractivity contribution in [3.63, 3.8) is 0 Å². The van der Waals surface area contributed by atoms with Gasteiger partial charge in [-0.2, -0.15) is 60.5 Å². The van der Waals surface area contributed by atoms with Gasteiger partial charge in [-0.25, -0.2) is 0 Å². The first kappa shape index (κ1) is 18.7. The number of rotatable bonds is 12. The van der Waals surface area contributed by atoms with Crippen molar-refractivity contribution in [1.29, 1.82) is 0 Å². The molecule has 0 fully saturated rings. The predicted octanol–water partition coefficient (Wildman–Crippen LogP) is 1.77. The monoisotopic (exact) mass is 334 g/mol. The van der Waals surface area contributed by atoms with Crippen molar-refractivity contribution in [3.8, 4) is 0 Å². The third-order valence-electron chi connectivity index (χ3n) is 1.91. The van der Waals surface area contributed by atoms with E-state index in [4.69, 9.17) is 5.11 Å². The third kappa shape index (κ3) is 11.2. The van der Waals surface area contributed by atoms with Crippen LogP contribution in [0.25, 0.3) is 0 Å². The lowest BCUT2D eigenvalue weighted by atomic mass is 10.5. The van der Waals surface area contributed by atoms with E-state index in [0.717, 1.165) is 34.5 Å². The summed E-state index contributed by atoms with van der Waals surface area (Å²) in [7, 11) is 0. The zero-order chi connectivity index (χ0) is 12.9. The summed E-state index contributed by atoms with van der Waals surface area (Å²) < 4.78 is 0. The van der Waals surface area contributed by atoms with Gasteiger partial charge in [0.1, 0.15) is 0 Å². The molecule has 0 heterocycles. The molecule has 0 bridgehead atoms. The Morgan fingerprint density at radius 1 is 0.941 bits per heavy atom. The van der Waals surface area contributed by atoms with Gasteiger partial charge in [0.05, 0.1) is 13.2 Å². The first-order valence-corrected chi connectivity index (χ1v) is 10.0. The summed E-state index contributed by atoms with van der Waals surface area (Å²) in [5.41, 5.74) is 0. The molecule has 0 amide bonds. The number of hydrogen-bond donors (Lipinski definition) is 4. The summed E-state index contributed by atoms with van der Waals surface area (Å²) in [6.07, 6.45) is 0. The molecule has 104 valence electrons. The number of aliphatic hydroxyl groups is 2. The maximum atomic E-state index is 9.27. The fourth-order valence-electron chi connectivity index (χ4n) is 1.05. The van der Waals surface area contributed by atoms with Crippen LogP contribution in [0.1, 0.15) is 0 Å². The van der Waals surface area contributed by atoms with Crippen LogP contribution in [0.2, 0.25) is 0 Å². The average Bonchev–Trinajstić information content (AvgIpc) is 2.36. The van der Waals surface area contributed by atoms with Crippen molar-refractivity contribution in [2.45, 2.75) is 10.5 Å². The molecule has 17 heavy (non-hydrogen) atoms. The molecular formula is C10H22O2S5. The van der Waals surface area contributed by atoms with Crippen LogP contribution in [-0.2, 0) is 0 Å². The van der Waals surface area contributed by atoms with Gasteiger partial charge in [-0.3, -0.25) is 0 Å². The van der Waals surface area contributed by atoms with E-state index in [1.807, 2.05) is 23.5 Å². The average molecular weight is 335 g/mol. The molecule has 0 aromatic heterocycles. The summed E-state index contributed by atoms with van der Waals surface area (Å²) >= 11 is 13.9. The molecule has 0 aromatic rings. The second-order valence-electron chi connectivity index (χ2n) is 3.34. The highest BCUT2D eigenvalue weighted by Crippen LogP contribution is 2.23. The van der Waals surface area contributed by atoms with E-state index >= 15 is 0 Å². The minimum absolute atomic E-state index is 0.223. The highest BCUT2D eigenvalue weighted by molar-refractivity contribution is 8.05. The third-order valence-corrected chi connectivity index (χ3v) is 7.28. The van der Waals surface area contributed by atoms with Crippen LogP contribution in [0.3, 0.4) is 0 Å². The van der Waals surface area contributed by atoms with E-state index in [9.17, 15) is 5.11 Å². The lowest BCUT2D eigenvalue weighted by Gasteiger charge is -2.18. The van der Waals surface area contributed by atoms with Crippen molar-refractivity contribution in [3.05, 3.63) is 0 Å². The Hall–Kier alpha value is 1.67. The van der Waals surface area contributed by atoms with Crippen LogP contribution in [0.4, 0.5) is 0 Å². The molecule has 0 spiro atoms. The Balaban J connectivity index is 3.69. The van der Waals surface area contributed by atoms with Crippen molar-refractivity contribution in [2.75, 3.05) is 47.7 Å². The molecule has 2 N–H and O–H groups in total. The Morgan fingerprint density at radius 3 is 2.24 bits per heavy atom. The summed E-state index contributed by atoms with van der Waals surface area (Å²) in [5, 5.41) is 18.8. The van der Waals surface area contributed by atoms with Crippen LogP contribution in [0, 0.1) is 0 Å². The van der Waals surface area contributed by atoms with Crippen molar-refractivity contribution in [2.24, 2.45) is 0 Å². The SMILES string of the molecule is OCCSC(CS)CSC(CO)CSCCS. The van der Waals surface area contributed by atoms with Gasteiger partial charge in [0.15, 0.2) is 0 Å². The molecule has 0 aliphatic heterocycles. The number of thioether (sulfide) groups is 3. The smallest absolute Gasteiger partial charge is 0.0558 e. The second-order valence-corrected chi connectivity index (χ2v) is 8.04. The Morgan fingerprint density at radius 2 is 1.71 bits per heavy atom. The zero-order valence-electron chi connectivity index (χ0n) is 9.83. The highest BCUT2D eigenvalue weighted by Gasteiger charge is 2.13. The van der Waals surface area contributed by atoms with Gasteiger partial charge >= 0.3 is 0 Å². The zero-order valence-corrected chi connectivity index (χ0v) is 14.1. The van der Waals surface area contributed by atoms with Crippen LogP contribution < -0.4 is 0 Å². The minimum Gasteiger partial charge on any atom is -0.396 e. The van der Waals surface area contributed by atoms with E-state index in [1.54, 1.807) is 11.8 Å². The predicted molar refractivity (Wildman–Crippen MR) is 91.7 cm³/mol. The highest BCUT2D eigenvalue weighted by atomic mass is 32.2. The molecule has 2 nitrogen and oxygen atoms in total. The maximum absolute atomic E-state index is 9.27. The van der Waals surface area contributed by atoms with E-state index in [-0.39, 0.29) is 13.2 Å². The Kier molecular flexibility index (Phi) is 15.5. The standard InChI is InChI=1S/C10H22O2S5/c11-1-3-16-10(6-14)8-17-9(5-12)7-15-4-2-13/h9-14H,1-8H2. The normalized spacial score (nSPS) is 14.8. The topological polar surface area (TPSA) is 40.5 Å². The van der Waals surface area contributed by atoms with Gasteiger partial charge in [-0.1, -0.05) is 0 Å². The van der Waals surface area contributed by atoms with Gasteiger partial charge in [-0.15, -0.1) is 0 Å². The molecule has 0 aliphatic rings. The number of hydrogen-bond acceptors (Lipinski definition) is 7. The molecule has 0 saturated heterocycles. The lowest BCUT2D eigenvalue weighted by Crippen LogP contribution is -2.18. The minimum atomic E-state index is 0.223. The molecule has 2 atom stereocenters. The largest absolute Gasteiger partial charge is 0.396 e. The second kappa shape index (κ2) is 14.1. The molecule has 2 unspecified atom stereocenters. The van der Waals surface area contributed by atoms with Crippen molar-refractivity contribution < 1.29 is 10.2 Å². The van der Waals surface area contributed by atoms with Gasteiger partial charge < -0.3 is 10.2 Å². The summed E-state index contributed by atoms with van der Waals surface area (Å²) in [6, 6.07) is 0. The number of thiol groups is 2. The fourth-order valence-corrected chi connectivity index (χ4v) is 5.27. The molecule has 0 radical (unpaired) electrons. The first-order valence-electron chi connectivity index (χ1n) is 5.52.